The zero-order valence-electron chi connectivity index (χ0n) is 20.3. The predicted octanol–water partition coefficient (Wildman–Crippen LogP) is 5.52. The molecule has 1 heterocycles. The highest BCUT2D eigenvalue weighted by atomic mass is 16.2. The van der Waals surface area contributed by atoms with Gasteiger partial charge in [-0.25, -0.2) is 4.98 Å². The molecule has 0 bridgehead atoms. The minimum Gasteiger partial charge on any atom is -0.330 e. The van der Waals surface area contributed by atoms with E-state index in [9.17, 15) is 9.59 Å². The summed E-state index contributed by atoms with van der Waals surface area (Å²) in [7, 11) is 0. The average Bonchev–Trinajstić information content (AvgIpc) is 3.31. The van der Waals surface area contributed by atoms with Crippen molar-refractivity contribution in [2.24, 2.45) is 0 Å². The number of anilines is 1. The maximum atomic E-state index is 13.3. The molecule has 1 N–H and O–H groups in total. The molecular weight excluding hydrogens is 436 g/mol. The molecule has 0 aliphatic rings. The Morgan fingerprint density at radius 1 is 0.857 bits per heavy atom. The van der Waals surface area contributed by atoms with E-state index < -0.39 is 0 Å². The number of aromatic nitrogens is 2. The van der Waals surface area contributed by atoms with Gasteiger partial charge >= 0.3 is 0 Å². The van der Waals surface area contributed by atoms with Crippen LogP contribution >= 0.6 is 0 Å². The fraction of sp³-hybridized carbons (Fsp3) is 0.207. The maximum Gasteiger partial charge on any atom is 0.246 e. The van der Waals surface area contributed by atoms with Gasteiger partial charge in [-0.1, -0.05) is 78.9 Å². The molecule has 0 unspecified atom stereocenters. The van der Waals surface area contributed by atoms with Crippen molar-refractivity contribution in [2.45, 2.75) is 32.7 Å². The zero-order valence-corrected chi connectivity index (χ0v) is 20.3. The summed E-state index contributed by atoms with van der Waals surface area (Å²) < 4.78 is 1.86. The quantitative estimate of drug-likeness (QED) is 0.372. The number of benzene rings is 3. The summed E-state index contributed by atoms with van der Waals surface area (Å²) in [5, 5.41) is 2.94. The molecule has 3 aromatic carbocycles. The molecule has 6 nitrogen and oxygen atoms in total. The second-order valence-electron chi connectivity index (χ2n) is 8.76. The molecule has 0 saturated carbocycles. The number of hydrogen-bond acceptors (Lipinski definition) is 3. The van der Waals surface area contributed by atoms with E-state index in [1.54, 1.807) is 4.90 Å². The van der Waals surface area contributed by atoms with Gasteiger partial charge in [0.05, 0.1) is 11.6 Å². The Morgan fingerprint density at radius 3 is 2.03 bits per heavy atom. The summed E-state index contributed by atoms with van der Waals surface area (Å²) in [5.74, 6) is -0.317. The smallest absolute Gasteiger partial charge is 0.246 e. The van der Waals surface area contributed by atoms with Crippen molar-refractivity contribution in [1.29, 1.82) is 0 Å². The zero-order chi connectivity index (χ0) is 24.8. The number of para-hydroxylation sites is 1. The molecule has 35 heavy (non-hydrogen) atoms. The molecule has 4 rings (SSSR count). The van der Waals surface area contributed by atoms with Crippen molar-refractivity contribution >= 4 is 17.8 Å². The lowest BCUT2D eigenvalue weighted by molar-refractivity contribution is -0.137. The lowest BCUT2D eigenvalue weighted by atomic mass is 9.99. The fourth-order valence-corrected chi connectivity index (χ4v) is 3.97. The Labute approximate surface area is 206 Å². The largest absolute Gasteiger partial charge is 0.330 e. The first-order chi connectivity index (χ1) is 16.9. The van der Waals surface area contributed by atoms with Crippen LogP contribution in [0.2, 0.25) is 0 Å². The second-order valence-corrected chi connectivity index (χ2v) is 8.76. The Balaban J connectivity index is 1.57. The number of imidazole rings is 1. The van der Waals surface area contributed by atoms with Gasteiger partial charge in [-0.3, -0.25) is 19.5 Å². The van der Waals surface area contributed by atoms with E-state index in [4.69, 9.17) is 4.98 Å². The van der Waals surface area contributed by atoms with Crippen molar-refractivity contribution in [3.63, 3.8) is 0 Å². The molecule has 0 aliphatic carbocycles. The lowest BCUT2D eigenvalue weighted by Gasteiger charge is -2.29. The molecule has 0 spiro atoms. The molecule has 6 heteroatoms. The Morgan fingerprint density at radius 2 is 1.43 bits per heavy atom. The van der Waals surface area contributed by atoms with Gasteiger partial charge in [-0.05, 0) is 38.5 Å². The third kappa shape index (κ3) is 5.66. The van der Waals surface area contributed by atoms with Crippen molar-refractivity contribution in [1.82, 2.24) is 14.5 Å². The maximum absolute atomic E-state index is 13.3. The number of amides is 2. The molecule has 2 amide bonds. The summed E-state index contributed by atoms with van der Waals surface area (Å²) in [6.45, 7) is 5.65. The predicted molar refractivity (Wildman–Crippen MR) is 139 cm³/mol. The van der Waals surface area contributed by atoms with E-state index >= 15 is 0 Å². The van der Waals surface area contributed by atoms with Gasteiger partial charge in [0.2, 0.25) is 17.8 Å². The standard InChI is InChI=1S/C29H30N4O2/c1-21(2)32(28(35)22(3)23-13-7-4-8-14-23)20-27(34)31-29-30-26(24-15-9-5-10-16-24)19-33(29)25-17-11-6-12-18-25/h4-19,21-22H,20H2,1-3H3,(H,30,31,34)/t22-/m0/s1. The highest BCUT2D eigenvalue weighted by Gasteiger charge is 2.26. The summed E-state index contributed by atoms with van der Waals surface area (Å²) in [6.07, 6.45) is 1.91. The first-order valence-corrected chi connectivity index (χ1v) is 11.8. The minimum absolute atomic E-state index is 0.0595. The van der Waals surface area contributed by atoms with Gasteiger partial charge in [0, 0.05) is 23.5 Å². The van der Waals surface area contributed by atoms with Gasteiger partial charge in [0.1, 0.15) is 6.54 Å². The molecule has 178 valence electrons. The number of rotatable bonds is 8. The van der Waals surface area contributed by atoms with Crippen molar-refractivity contribution in [3.05, 3.63) is 103 Å². The summed E-state index contributed by atoms with van der Waals surface area (Å²) in [5.41, 5.74) is 3.51. The van der Waals surface area contributed by atoms with Crippen LogP contribution in [0.5, 0.6) is 0 Å². The van der Waals surface area contributed by atoms with E-state index in [1.807, 2.05) is 123 Å². The normalized spacial score (nSPS) is 11.8. The molecule has 0 aliphatic heterocycles. The molecule has 0 fully saturated rings. The first kappa shape index (κ1) is 24.0. The number of hydrogen-bond donors (Lipinski definition) is 1. The van der Waals surface area contributed by atoms with Crippen LogP contribution in [0.4, 0.5) is 5.95 Å². The van der Waals surface area contributed by atoms with Crippen molar-refractivity contribution in [2.75, 3.05) is 11.9 Å². The third-order valence-corrected chi connectivity index (χ3v) is 5.95. The van der Waals surface area contributed by atoms with Gasteiger partial charge < -0.3 is 4.90 Å². The van der Waals surface area contributed by atoms with Crippen LogP contribution in [0.25, 0.3) is 16.9 Å². The Kier molecular flexibility index (Phi) is 7.41. The van der Waals surface area contributed by atoms with Gasteiger partial charge in [0.15, 0.2) is 0 Å². The first-order valence-electron chi connectivity index (χ1n) is 11.8. The topological polar surface area (TPSA) is 67.2 Å². The second kappa shape index (κ2) is 10.8. The highest BCUT2D eigenvalue weighted by molar-refractivity contribution is 5.95. The Hall–Kier alpha value is -4.19. The van der Waals surface area contributed by atoms with Gasteiger partial charge in [0.25, 0.3) is 0 Å². The van der Waals surface area contributed by atoms with E-state index in [2.05, 4.69) is 5.32 Å². The van der Waals surface area contributed by atoms with Crippen molar-refractivity contribution < 1.29 is 9.59 Å². The molecule has 0 radical (unpaired) electrons. The Bertz CT molecular complexity index is 1270. The summed E-state index contributed by atoms with van der Waals surface area (Å²) in [4.78, 5) is 32.8. The van der Waals surface area contributed by atoms with E-state index in [0.29, 0.717) is 5.95 Å². The van der Waals surface area contributed by atoms with Crippen LogP contribution in [0, 0.1) is 0 Å². The molecular formula is C29H30N4O2. The highest BCUT2D eigenvalue weighted by Crippen LogP contribution is 2.24. The third-order valence-electron chi connectivity index (χ3n) is 5.95. The monoisotopic (exact) mass is 466 g/mol. The minimum atomic E-state index is -0.345. The number of nitrogens with zero attached hydrogens (tertiary/aromatic N) is 3. The molecule has 4 aromatic rings. The van der Waals surface area contributed by atoms with Crippen LogP contribution in [0.3, 0.4) is 0 Å². The SMILES string of the molecule is CC(C)N(CC(=O)Nc1nc(-c2ccccc2)cn1-c1ccccc1)C(=O)[C@@H](C)c1ccccc1. The van der Waals surface area contributed by atoms with E-state index in [1.165, 1.54) is 0 Å². The van der Waals surface area contributed by atoms with Crippen LogP contribution in [0.15, 0.2) is 97.2 Å². The van der Waals surface area contributed by atoms with Crippen LogP contribution in [-0.4, -0.2) is 38.9 Å². The molecule has 1 atom stereocenters. The van der Waals surface area contributed by atoms with Gasteiger partial charge in [-0.2, -0.15) is 0 Å². The van der Waals surface area contributed by atoms with Gasteiger partial charge in [-0.15, -0.1) is 0 Å². The number of nitrogens with one attached hydrogen (secondary N) is 1. The summed E-state index contributed by atoms with van der Waals surface area (Å²) >= 11 is 0. The van der Waals surface area contributed by atoms with Crippen LogP contribution in [-0.2, 0) is 9.59 Å². The average molecular weight is 467 g/mol. The molecule has 0 saturated heterocycles. The summed E-state index contributed by atoms with van der Waals surface area (Å²) in [6, 6.07) is 29.0. The number of carbonyl (C=O) groups is 2. The number of carbonyl (C=O) groups excluding carboxylic acids is 2. The fourth-order valence-electron chi connectivity index (χ4n) is 3.97. The lowest BCUT2D eigenvalue weighted by Crippen LogP contribution is -2.44. The molecule has 1 aromatic heterocycles. The van der Waals surface area contributed by atoms with E-state index in [-0.39, 0.29) is 30.3 Å². The van der Waals surface area contributed by atoms with Crippen LogP contribution < -0.4 is 5.32 Å². The van der Waals surface area contributed by atoms with Crippen molar-refractivity contribution in [3.8, 4) is 16.9 Å². The van der Waals surface area contributed by atoms with Crippen LogP contribution in [0.1, 0.15) is 32.3 Å². The van der Waals surface area contributed by atoms with E-state index in [0.717, 1.165) is 22.5 Å².